The lowest BCUT2D eigenvalue weighted by Crippen LogP contribution is -2.32. The fourth-order valence-corrected chi connectivity index (χ4v) is 9.21. The van der Waals surface area contributed by atoms with E-state index in [1.807, 2.05) is 12.3 Å². The first-order chi connectivity index (χ1) is 28.2. The lowest BCUT2D eigenvalue weighted by Gasteiger charge is -2.23. The molecular weight excluding hydrogens is 711 g/mol. The van der Waals surface area contributed by atoms with Gasteiger partial charge in [-0.15, -0.1) is 11.3 Å². The molecule has 9 aromatic carbocycles. The number of rotatable bonds is 9. The van der Waals surface area contributed by atoms with Gasteiger partial charge in [0.1, 0.15) is 6.17 Å². The highest BCUT2D eigenvalue weighted by Gasteiger charge is 2.20. The van der Waals surface area contributed by atoms with E-state index in [1.165, 1.54) is 64.0 Å². The molecule has 0 amide bonds. The molecule has 0 bridgehead atoms. The second-order valence-corrected chi connectivity index (χ2v) is 15.6. The molecule has 4 heteroatoms. The maximum Gasteiger partial charge on any atom is 0.127 e. The van der Waals surface area contributed by atoms with Gasteiger partial charge in [0.05, 0.1) is 6.17 Å². The van der Waals surface area contributed by atoms with E-state index < -0.39 is 12.3 Å². The van der Waals surface area contributed by atoms with E-state index in [-0.39, 0.29) is 0 Å². The number of aliphatic imine (C=N–C) groups is 1. The van der Waals surface area contributed by atoms with Gasteiger partial charge in [-0.25, -0.2) is 0 Å². The molecule has 1 heterocycles. The molecule has 57 heavy (non-hydrogen) atoms. The fourth-order valence-electron chi connectivity index (χ4n) is 8.10. The van der Waals surface area contributed by atoms with Gasteiger partial charge >= 0.3 is 0 Å². The van der Waals surface area contributed by atoms with Gasteiger partial charge in [-0.1, -0.05) is 182 Å². The Morgan fingerprint density at radius 2 is 1.14 bits per heavy atom. The van der Waals surface area contributed by atoms with Crippen LogP contribution in [0.5, 0.6) is 0 Å². The number of nitrogens with two attached hydrogens (primary N) is 1. The van der Waals surface area contributed by atoms with E-state index >= 15 is 0 Å². The van der Waals surface area contributed by atoms with E-state index in [9.17, 15) is 0 Å². The van der Waals surface area contributed by atoms with Crippen LogP contribution in [-0.2, 0) is 0 Å². The zero-order chi connectivity index (χ0) is 38.1. The van der Waals surface area contributed by atoms with Crippen LogP contribution in [0.15, 0.2) is 205 Å². The second kappa shape index (κ2) is 15.1. The smallest absolute Gasteiger partial charge is 0.127 e. The summed E-state index contributed by atoms with van der Waals surface area (Å²) in [5, 5.41) is 12.5. The van der Waals surface area contributed by atoms with Gasteiger partial charge in [-0.2, -0.15) is 0 Å². The molecule has 272 valence electrons. The third-order valence-electron chi connectivity index (χ3n) is 11.0. The highest BCUT2D eigenvalue weighted by molar-refractivity contribution is 7.22. The molecular formula is C53H39N3S. The van der Waals surface area contributed by atoms with Crippen molar-refractivity contribution < 1.29 is 0 Å². The first-order valence-corrected chi connectivity index (χ1v) is 20.2. The van der Waals surface area contributed by atoms with Gasteiger partial charge in [-0.3, -0.25) is 10.3 Å². The van der Waals surface area contributed by atoms with Gasteiger partial charge in [0, 0.05) is 15.8 Å². The summed E-state index contributed by atoms with van der Waals surface area (Å²) in [6.07, 6.45) is 1.11. The summed E-state index contributed by atoms with van der Waals surface area (Å²) >= 11 is 1.80. The number of nitrogens with zero attached hydrogens (tertiary/aromatic N) is 1. The van der Waals surface area contributed by atoms with Gasteiger partial charge in [-0.05, 0) is 100 Å². The first-order valence-electron chi connectivity index (χ1n) is 19.4. The van der Waals surface area contributed by atoms with Crippen molar-refractivity contribution in [3.05, 3.63) is 217 Å². The Hall–Kier alpha value is -6.69. The van der Waals surface area contributed by atoms with E-state index in [2.05, 4.69) is 199 Å². The standard InChI is InChI=1S/C53H39N3S/c54-52(40-28-26-37(27-29-40)36-12-2-1-3-13-36)56-53(47-20-10-9-19-45(47)50-33-42-16-6-11-21-49(42)57-50)55-34-35-22-24-39(25-23-35)51-44-18-8-5-15-41(44)32-48-43-17-7-4-14-38(43)30-31-46(48)51/h1-34,52-53,56H,54H2/b55-34+. The molecule has 10 aromatic rings. The van der Waals surface area contributed by atoms with Crippen LogP contribution in [0.2, 0.25) is 0 Å². The molecule has 0 radical (unpaired) electrons. The minimum atomic E-state index is -0.453. The molecule has 1 aromatic heterocycles. The Labute approximate surface area is 336 Å². The summed E-state index contributed by atoms with van der Waals surface area (Å²) in [7, 11) is 0. The molecule has 3 nitrogen and oxygen atoms in total. The third-order valence-corrected chi connectivity index (χ3v) is 12.2. The van der Waals surface area contributed by atoms with Crippen molar-refractivity contribution in [2.45, 2.75) is 12.3 Å². The summed E-state index contributed by atoms with van der Waals surface area (Å²) in [5.74, 6) is 0. The average Bonchev–Trinajstić information content (AvgIpc) is 3.72. The zero-order valence-electron chi connectivity index (χ0n) is 31.2. The number of hydrogen-bond donors (Lipinski definition) is 2. The monoisotopic (exact) mass is 749 g/mol. The molecule has 0 saturated carbocycles. The SMILES string of the molecule is NC(NC(/N=C/c1ccc(-c2c3ccccc3cc3c2ccc2ccccc23)cc1)c1ccccc1-c1cc2ccccc2s1)c1ccc(-c2ccccc2)cc1. The van der Waals surface area contributed by atoms with Crippen molar-refractivity contribution in [2.75, 3.05) is 0 Å². The van der Waals surface area contributed by atoms with Crippen molar-refractivity contribution in [3.63, 3.8) is 0 Å². The van der Waals surface area contributed by atoms with Crippen LogP contribution in [-0.4, -0.2) is 6.21 Å². The normalized spacial score (nSPS) is 12.9. The van der Waals surface area contributed by atoms with E-state index in [0.29, 0.717) is 0 Å². The van der Waals surface area contributed by atoms with Crippen molar-refractivity contribution >= 4 is 60.0 Å². The number of hydrogen-bond acceptors (Lipinski definition) is 4. The van der Waals surface area contributed by atoms with E-state index in [1.54, 1.807) is 11.3 Å². The predicted molar refractivity (Wildman–Crippen MR) is 244 cm³/mol. The molecule has 0 aliphatic rings. The first kappa shape index (κ1) is 34.8. The molecule has 10 rings (SSSR count). The molecule has 0 aliphatic heterocycles. The van der Waals surface area contributed by atoms with Crippen molar-refractivity contribution in [1.29, 1.82) is 0 Å². The van der Waals surface area contributed by atoms with Crippen molar-refractivity contribution in [1.82, 2.24) is 5.32 Å². The summed E-state index contributed by atoms with van der Waals surface area (Å²) in [6, 6.07) is 71.3. The Kier molecular flexibility index (Phi) is 9.21. The minimum Gasteiger partial charge on any atom is -0.312 e. The number of fused-ring (bicyclic) bond motifs is 5. The van der Waals surface area contributed by atoms with Gasteiger partial charge in [0.15, 0.2) is 0 Å². The summed E-state index contributed by atoms with van der Waals surface area (Å²) in [5.41, 5.74) is 16.0. The molecule has 2 atom stereocenters. The Morgan fingerprint density at radius 1 is 0.491 bits per heavy atom. The summed E-state index contributed by atoms with van der Waals surface area (Å²) < 4.78 is 1.26. The van der Waals surface area contributed by atoms with Crippen LogP contribution in [0.1, 0.15) is 29.0 Å². The van der Waals surface area contributed by atoms with Crippen molar-refractivity contribution in [3.8, 4) is 32.7 Å². The maximum atomic E-state index is 6.97. The van der Waals surface area contributed by atoms with Gasteiger partial charge in [0.25, 0.3) is 0 Å². The molecule has 0 saturated heterocycles. The van der Waals surface area contributed by atoms with Crippen LogP contribution in [0.4, 0.5) is 0 Å². The Morgan fingerprint density at radius 3 is 1.95 bits per heavy atom. The maximum absolute atomic E-state index is 6.97. The van der Waals surface area contributed by atoms with Gasteiger partial charge in [0.2, 0.25) is 0 Å². The predicted octanol–water partition coefficient (Wildman–Crippen LogP) is 13.7. The molecule has 0 spiro atoms. The Balaban J connectivity index is 1.02. The molecule has 3 N–H and O–H groups in total. The second-order valence-electron chi connectivity index (χ2n) is 14.5. The van der Waals surface area contributed by atoms with Gasteiger partial charge < -0.3 is 5.73 Å². The highest BCUT2D eigenvalue weighted by Crippen LogP contribution is 2.40. The molecule has 0 aliphatic carbocycles. The van der Waals surface area contributed by atoms with Crippen LogP contribution >= 0.6 is 11.3 Å². The Bertz CT molecular complexity index is 3020. The quantitative estimate of drug-likeness (QED) is 0.0668. The lowest BCUT2D eigenvalue weighted by molar-refractivity contribution is 0.468. The highest BCUT2D eigenvalue weighted by atomic mass is 32.1. The summed E-state index contributed by atoms with van der Waals surface area (Å²) in [6.45, 7) is 0. The molecule has 0 fully saturated rings. The van der Waals surface area contributed by atoms with E-state index in [4.69, 9.17) is 10.7 Å². The number of nitrogens with one attached hydrogen (secondary N) is 1. The van der Waals surface area contributed by atoms with Crippen LogP contribution in [0.25, 0.3) is 75.1 Å². The molecule has 2 unspecified atom stereocenters. The largest absolute Gasteiger partial charge is 0.312 e. The number of thiophene rings is 1. The number of benzene rings is 9. The summed E-state index contributed by atoms with van der Waals surface area (Å²) in [4.78, 5) is 6.46. The topological polar surface area (TPSA) is 50.4 Å². The third kappa shape index (κ3) is 6.81. The van der Waals surface area contributed by atoms with E-state index in [0.717, 1.165) is 27.8 Å². The zero-order valence-corrected chi connectivity index (χ0v) is 32.0. The minimum absolute atomic E-state index is 0.412. The lowest BCUT2D eigenvalue weighted by atomic mass is 9.89. The van der Waals surface area contributed by atoms with Crippen molar-refractivity contribution in [2.24, 2.45) is 10.7 Å². The van der Waals surface area contributed by atoms with Crippen LogP contribution in [0.3, 0.4) is 0 Å². The average molecular weight is 750 g/mol. The van der Waals surface area contributed by atoms with Crippen LogP contribution < -0.4 is 11.1 Å². The van der Waals surface area contributed by atoms with Crippen LogP contribution in [0, 0.1) is 0 Å². The fraction of sp³-hybridized carbons (Fsp3) is 0.0377.